The fourth-order valence-corrected chi connectivity index (χ4v) is 1.42. The van der Waals surface area contributed by atoms with Crippen molar-refractivity contribution in [3.63, 3.8) is 0 Å². The van der Waals surface area contributed by atoms with Crippen molar-refractivity contribution in [3.8, 4) is 0 Å². The number of nitrogens with one attached hydrogen (secondary N) is 2. The summed E-state index contributed by atoms with van der Waals surface area (Å²) < 4.78 is 5.11. The lowest BCUT2D eigenvalue weighted by atomic mass is 10.2. The molecule has 1 aliphatic rings. The molecule has 2 N–H and O–H groups in total. The van der Waals surface area contributed by atoms with Crippen LogP contribution >= 0.6 is 0 Å². The maximum atomic E-state index is 11.5. The van der Waals surface area contributed by atoms with Crippen LogP contribution in [0.25, 0.3) is 0 Å². The van der Waals surface area contributed by atoms with Gasteiger partial charge in [-0.25, -0.2) is 10.9 Å². The smallest absolute Gasteiger partial charge is 0.245 e. The van der Waals surface area contributed by atoms with E-state index in [1.807, 2.05) is 0 Å². The van der Waals surface area contributed by atoms with Crippen LogP contribution in [0.5, 0.6) is 0 Å². The van der Waals surface area contributed by atoms with Gasteiger partial charge in [0, 0.05) is 0 Å². The van der Waals surface area contributed by atoms with E-state index in [9.17, 15) is 9.59 Å². The van der Waals surface area contributed by atoms with Gasteiger partial charge in [0.15, 0.2) is 0 Å². The molecule has 0 atom stereocenters. The lowest BCUT2D eigenvalue weighted by molar-refractivity contribution is -0.119. The van der Waals surface area contributed by atoms with Gasteiger partial charge in [0.05, 0.1) is 24.8 Å². The molecule has 0 saturated carbocycles. The number of hydrazone groups is 2. The third-order valence-electron chi connectivity index (χ3n) is 2.29. The number of amides is 2. The predicted molar refractivity (Wildman–Crippen MR) is 63.9 cm³/mol. The number of nitrogens with zero attached hydrogens (tertiary/aromatic N) is 2. The molecule has 1 aromatic heterocycles. The van der Waals surface area contributed by atoms with Crippen molar-refractivity contribution < 1.29 is 14.0 Å². The molecule has 2 amide bonds. The second kappa shape index (κ2) is 5.26. The predicted octanol–water partition coefficient (Wildman–Crippen LogP) is 0.386. The fourth-order valence-electron chi connectivity index (χ4n) is 1.42. The molecule has 0 aromatic carbocycles. The Morgan fingerprint density at radius 3 is 3.11 bits per heavy atom. The Hall–Kier alpha value is -2.44. The first-order chi connectivity index (χ1) is 8.65. The second-order valence-corrected chi connectivity index (χ2v) is 3.78. The Bertz CT molecular complexity index is 516. The summed E-state index contributed by atoms with van der Waals surface area (Å²) in [5, 5.41) is 7.61. The van der Waals surface area contributed by atoms with Crippen molar-refractivity contribution in [1.82, 2.24) is 10.9 Å². The van der Waals surface area contributed by atoms with Crippen LogP contribution in [0.4, 0.5) is 0 Å². The summed E-state index contributed by atoms with van der Waals surface area (Å²) in [5.41, 5.74) is 5.73. The Kier molecular flexibility index (Phi) is 3.52. The normalized spacial score (nSPS) is 15.3. The molecular formula is C11H12N4O3. The van der Waals surface area contributed by atoms with Crippen LogP contribution in [0.3, 0.4) is 0 Å². The molecule has 2 heterocycles. The molecule has 0 saturated heterocycles. The average molecular weight is 248 g/mol. The van der Waals surface area contributed by atoms with Gasteiger partial charge in [0.2, 0.25) is 11.8 Å². The minimum atomic E-state index is -0.323. The molecule has 0 unspecified atom stereocenters. The summed E-state index contributed by atoms with van der Waals surface area (Å²) in [6.45, 7) is 1.72. The lowest BCUT2D eigenvalue weighted by Crippen LogP contribution is -2.22. The van der Waals surface area contributed by atoms with Gasteiger partial charge in [-0.2, -0.15) is 10.2 Å². The summed E-state index contributed by atoms with van der Waals surface area (Å²) in [7, 11) is 0. The fraction of sp³-hybridized carbons (Fsp3) is 0.273. The Morgan fingerprint density at radius 1 is 1.67 bits per heavy atom. The van der Waals surface area contributed by atoms with Crippen molar-refractivity contribution >= 4 is 23.2 Å². The van der Waals surface area contributed by atoms with Gasteiger partial charge in [-0.1, -0.05) is 0 Å². The van der Waals surface area contributed by atoms with Crippen LogP contribution in [0.2, 0.25) is 0 Å². The van der Waals surface area contributed by atoms with E-state index in [1.54, 1.807) is 19.1 Å². The van der Waals surface area contributed by atoms with Crippen LogP contribution in [-0.4, -0.2) is 23.2 Å². The zero-order valence-corrected chi connectivity index (χ0v) is 9.77. The molecular weight excluding hydrogens is 236 g/mol. The molecule has 0 radical (unpaired) electrons. The third-order valence-corrected chi connectivity index (χ3v) is 2.29. The molecule has 7 heteroatoms. The number of carbonyl (C=O) groups excluding carboxylic acids is 2. The number of rotatable bonds is 4. The first kappa shape index (κ1) is 12.0. The van der Waals surface area contributed by atoms with Gasteiger partial charge in [-0.15, -0.1) is 0 Å². The van der Waals surface area contributed by atoms with E-state index >= 15 is 0 Å². The van der Waals surface area contributed by atoms with Gasteiger partial charge in [-0.3, -0.25) is 9.59 Å². The third kappa shape index (κ3) is 3.03. The van der Waals surface area contributed by atoms with Crippen molar-refractivity contribution in [2.75, 3.05) is 0 Å². The first-order valence-electron chi connectivity index (χ1n) is 5.36. The number of furan rings is 1. The van der Waals surface area contributed by atoms with Crippen molar-refractivity contribution in [2.45, 2.75) is 19.8 Å². The van der Waals surface area contributed by atoms with Gasteiger partial charge in [0.1, 0.15) is 11.5 Å². The van der Waals surface area contributed by atoms with E-state index in [1.165, 1.54) is 6.26 Å². The van der Waals surface area contributed by atoms with Crippen LogP contribution in [-0.2, 0) is 9.59 Å². The molecule has 1 aromatic rings. The number of hydrogen-bond donors (Lipinski definition) is 2. The first-order valence-corrected chi connectivity index (χ1v) is 5.36. The van der Waals surface area contributed by atoms with E-state index < -0.39 is 0 Å². The maximum Gasteiger partial charge on any atom is 0.245 e. The molecule has 94 valence electrons. The Morgan fingerprint density at radius 2 is 2.50 bits per heavy atom. The van der Waals surface area contributed by atoms with Gasteiger partial charge in [-0.05, 0) is 19.1 Å². The highest BCUT2D eigenvalue weighted by Crippen LogP contribution is 2.02. The number of hydrogen-bond acceptors (Lipinski definition) is 5. The van der Waals surface area contributed by atoms with Gasteiger partial charge >= 0.3 is 0 Å². The highest BCUT2D eigenvalue weighted by Gasteiger charge is 2.17. The summed E-state index contributed by atoms with van der Waals surface area (Å²) in [5.74, 6) is 0.0644. The van der Waals surface area contributed by atoms with Gasteiger partial charge < -0.3 is 4.42 Å². The van der Waals surface area contributed by atoms with Crippen LogP contribution in [0.15, 0.2) is 33.0 Å². The van der Waals surface area contributed by atoms with E-state index in [-0.39, 0.29) is 24.7 Å². The van der Waals surface area contributed by atoms with E-state index in [2.05, 4.69) is 21.1 Å². The van der Waals surface area contributed by atoms with Crippen molar-refractivity contribution in [2.24, 2.45) is 10.2 Å². The second-order valence-electron chi connectivity index (χ2n) is 3.78. The summed E-state index contributed by atoms with van der Waals surface area (Å²) in [6, 6.07) is 3.48. The Labute approximate surface area is 103 Å². The quantitative estimate of drug-likeness (QED) is 0.595. The average Bonchev–Trinajstić information content (AvgIpc) is 2.97. The molecule has 1 aliphatic heterocycles. The van der Waals surface area contributed by atoms with Crippen LogP contribution in [0.1, 0.15) is 25.5 Å². The minimum Gasteiger partial charge on any atom is -0.463 e. The minimum absolute atomic E-state index is 0.0493. The summed E-state index contributed by atoms with van der Waals surface area (Å²) in [6.07, 6.45) is 1.74. The molecule has 0 aliphatic carbocycles. The van der Waals surface area contributed by atoms with E-state index in [0.29, 0.717) is 17.2 Å². The van der Waals surface area contributed by atoms with Gasteiger partial charge in [0.25, 0.3) is 0 Å². The SMILES string of the molecule is C/C(=N/NC(=O)CC1=NNC(=O)C1)c1ccco1. The van der Waals surface area contributed by atoms with Crippen LogP contribution in [0, 0.1) is 0 Å². The zero-order valence-electron chi connectivity index (χ0n) is 9.77. The van der Waals surface area contributed by atoms with E-state index in [0.717, 1.165) is 0 Å². The van der Waals surface area contributed by atoms with E-state index in [4.69, 9.17) is 4.42 Å². The van der Waals surface area contributed by atoms with Crippen molar-refractivity contribution in [3.05, 3.63) is 24.2 Å². The monoisotopic (exact) mass is 248 g/mol. The zero-order chi connectivity index (χ0) is 13.0. The largest absolute Gasteiger partial charge is 0.463 e. The van der Waals surface area contributed by atoms with Crippen molar-refractivity contribution in [1.29, 1.82) is 0 Å². The molecule has 0 spiro atoms. The number of carbonyl (C=O) groups is 2. The molecule has 18 heavy (non-hydrogen) atoms. The summed E-state index contributed by atoms with van der Waals surface area (Å²) >= 11 is 0. The lowest BCUT2D eigenvalue weighted by Gasteiger charge is -1.99. The molecule has 7 nitrogen and oxygen atoms in total. The highest BCUT2D eigenvalue weighted by molar-refractivity contribution is 6.11. The molecule has 0 fully saturated rings. The highest BCUT2D eigenvalue weighted by atomic mass is 16.3. The van der Waals surface area contributed by atoms with Crippen LogP contribution < -0.4 is 10.9 Å². The summed E-state index contributed by atoms with van der Waals surface area (Å²) in [4.78, 5) is 22.4. The molecule has 0 bridgehead atoms. The standard InChI is InChI=1S/C11H12N4O3/c1-7(9-3-2-4-18-9)12-14-10(16)5-8-6-11(17)15-13-8/h2-4H,5-6H2,1H3,(H,14,16)(H,15,17)/b12-7-. The topological polar surface area (TPSA) is 96.1 Å². The molecule has 2 rings (SSSR count). The Balaban J connectivity index is 1.85. The maximum absolute atomic E-state index is 11.5.